The summed E-state index contributed by atoms with van der Waals surface area (Å²) in [4.78, 5) is 30.9. The fourth-order valence-corrected chi connectivity index (χ4v) is 3.64. The molecule has 2 saturated heterocycles. The van der Waals surface area contributed by atoms with Crippen LogP contribution in [0.15, 0.2) is 24.3 Å². The first kappa shape index (κ1) is 18.9. The van der Waals surface area contributed by atoms with Crippen molar-refractivity contribution in [1.29, 1.82) is 0 Å². The number of likely N-dealkylation sites (tertiary alicyclic amines) is 1. The lowest BCUT2D eigenvalue weighted by atomic mass is 10.1. The lowest BCUT2D eigenvalue weighted by Crippen LogP contribution is -2.51. The number of hydrogen-bond acceptors (Lipinski definition) is 4. The Kier molecular flexibility index (Phi) is 6.63. The van der Waals surface area contributed by atoms with Gasteiger partial charge in [-0.05, 0) is 37.0 Å². The molecule has 26 heavy (non-hydrogen) atoms. The molecule has 0 aromatic heterocycles. The number of rotatable bonds is 6. The molecule has 6 nitrogen and oxygen atoms in total. The number of nitrogens with zero attached hydrogens (tertiary/aromatic N) is 3. The lowest BCUT2D eigenvalue weighted by molar-refractivity contribution is -0.132. The molecule has 0 unspecified atom stereocenters. The van der Waals surface area contributed by atoms with Gasteiger partial charge in [0.15, 0.2) is 0 Å². The zero-order chi connectivity index (χ0) is 18.4. The number of hydrogen-bond donors (Lipinski definition) is 1. The Labute approximate surface area is 156 Å². The Balaban J connectivity index is 1.39. The predicted octanol–water partition coefficient (Wildman–Crippen LogP) is 1.43. The van der Waals surface area contributed by atoms with Gasteiger partial charge in [-0.15, -0.1) is 0 Å². The summed E-state index contributed by atoms with van der Waals surface area (Å²) in [6.45, 7) is 8.21. The molecule has 2 fully saturated rings. The van der Waals surface area contributed by atoms with Crippen LogP contribution in [-0.2, 0) is 16.0 Å². The molecular weight excluding hydrogens is 328 g/mol. The van der Waals surface area contributed by atoms with E-state index >= 15 is 0 Å². The third-order valence-electron chi connectivity index (χ3n) is 5.27. The van der Waals surface area contributed by atoms with Gasteiger partial charge < -0.3 is 10.2 Å². The van der Waals surface area contributed by atoms with Crippen molar-refractivity contribution in [2.45, 2.75) is 26.2 Å². The highest BCUT2D eigenvalue weighted by Crippen LogP contribution is 2.12. The van der Waals surface area contributed by atoms with Gasteiger partial charge in [0.05, 0.1) is 13.1 Å². The number of nitrogens with one attached hydrogen (secondary N) is 1. The van der Waals surface area contributed by atoms with Crippen molar-refractivity contribution in [3.63, 3.8) is 0 Å². The fraction of sp³-hybridized carbons (Fsp3) is 0.600. The number of anilines is 1. The van der Waals surface area contributed by atoms with Crippen LogP contribution in [0.2, 0.25) is 0 Å². The van der Waals surface area contributed by atoms with Crippen molar-refractivity contribution in [1.82, 2.24) is 14.7 Å². The molecule has 3 rings (SSSR count). The van der Waals surface area contributed by atoms with E-state index in [-0.39, 0.29) is 11.8 Å². The molecule has 2 aliphatic rings. The molecule has 0 radical (unpaired) electrons. The summed E-state index contributed by atoms with van der Waals surface area (Å²) in [5.41, 5.74) is 2.09. The van der Waals surface area contributed by atoms with Crippen LogP contribution in [0.1, 0.15) is 25.3 Å². The summed E-state index contributed by atoms with van der Waals surface area (Å²) in [5, 5.41) is 2.99. The molecule has 0 spiro atoms. The van der Waals surface area contributed by atoms with Gasteiger partial charge in [-0.1, -0.05) is 19.1 Å². The van der Waals surface area contributed by atoms with Crippen molar-refractivity contribution in [2.75, 3.05) is 57.7 Å². The van der Waals surface area contributed by atoms with E-state index < -0.39 is 0 Å². The van der Waals surface area contributed by atoms with Gasteiger partial charge in [0.25, 0.3) is 0 Å². The maximum absolute atomic E-state index is 12.3. The van der Waals surface area contributed by atoms with E-state index in [0.29, 0.717) is 13.1 Å². The second kappa shape index (κ2) is 9.14. The molecule has 1 N–H and O–H groups in total. The maximum Gasteiger partial charge on any atom is 0.238 e. The minimum atomic E-state index is 0.0276. The van der Waals surface area contributed by atoms with E-state index in [1.807, 2.05) is 23.1 Å². The molecule has 0 bridgehead atoms. The first-order valence-corrected chi connectivity index (χ1v) is 9.75. The molecule has 2 amide bonds. The van der Waals surface area contributed by atoms with Crippen LogP contribution in [0.5, 0.6) is 0 Å². The monoisotopic (exact) mass is 358 g/mol. The molecule has 6 heteroatoms. The SMILES string of the molecule is CCc1cccc(NC(=O)CN2CCN(CC(=O)N3CCCC3)CC2)c1. The van der Waals surface area contributed by atoms with Gasteiger partial charge >= 0.3 is 0 Å². The topological polar surface area (TPSA) is 55.9 Å². The second-order valence-electron chi connectivity index (χ2n) is 7.24. The quantitative estimate of drug-likeness (QED) is 0.836. The van der Waals surface area contributed by atoms with Crippen LogP contribution in [0.3, 0.4) is 0 Å². The Morgan fingerprint density at radius 2 is 1.62 bits per heavy atom. The van der Waals surface area contributed by atoms with Gasteiger partial charge in [-0.2, -0.15) is 0 Å². The maximum atomic E-state index is 12.3. The van der Waals surface area contributed by atoms with Crippen LogP contribution < -0.4 is 5.32 Å². The molecule has 0 atom stereocenters. The smallest absolute Gasteiger partial charge is 0.238 e. The molecule has 142 valence electrons. The van der Waals surface area contributed by atoms with Gasteiger partial charge in [0.2, 0.25) is 11.8 Å². The summed E-state index contributed by atoms with van der Waals surface area (Å²) in [6.07, 6.45) is 3.23. The number of benzene rings is 1. The Bertz CT molecular complexity index is 620. The van der Waals surface area contributed by atoms with Crippen LogP contribution in [0, 0.1) is 0 Å². The summed E-state index contributed by atoms with van der Waals surface area (Å²) in [7, 11) is 0. The molecule has 0 saturated carbocycles. The number of carbonyl (C=O) groups excluding carboxylic acids is 2. The number of carbonyl (C=O) groups is 2. The fourth-order valence-electron chi connectivity index (χ4n) is 3.64. The number of amides is 2. The zero-order valence-corrected chi connectivity index (χ0v) is 15.7. The Morgan fingerprint density at radius 3 is 2.27 bits per heavy atom. The first-order chi connectivity index (χ1) is 12.6. The molecule has 2 aliphatic heterocycles. The largest absolute Gasteiger partial charge is 0.342 e. The van der Waals surface area contributed by atoms with Crippen molar-refractivity contribution >= 4 is 17.5 Å². The van der Waals surface area contributed by atoms with Crippen molar-refractivity contribution in [3.05, 3.63) is 29.8 Å². The average Bonchev–Trinajstić information content (AvgIpc) is 3.18. The summed E-state index contributed by atoms with van der Waals surface area (Å²) in [6, 6.07) is 8.00. The third kappa shape index (κ3) is 5.29. The Morgan fingerprint density at radius 1 is 0.962 bits per heavy atom. The minimum absolute atomic E-state index is 0.0276. The first-order valence-electron chi connectivity index (χ1n) is 9.75. The lowest BCUT2D eigenvalue weighted by Gasteiger charge is -2.34. The zero-order valence-electron chi connectivity index (χ0n) is 15.7. The molecule has 1 aromatic rings. The minimum Gasteiger partial charge on any atom is -0.342 e. The average molecular weight is 358 g/mol. The predicted molar refractivity (Wildman–Crippen MR) is 103 cm³/mol. The van der Waals surface area contributed by atoms with Gasteiger partial charge in [0.1, 0.15) is 0 Å². The van der Waals surface area contributed by atoms with E-state index in [1.165, 1.54) is 5.56 Å². The van der Waals surface area contributed by atoms with E-state index in [2.05, 4.69) is 28.1 Å². The highest BCUT2D eigenvalue weighted by molar-refractivity contribution is 5.92. The van der Waals surface area contributed by atoms with Crippen LogP contribution in [0.25, 0.3) is 0 Å². The standard InChI is InChI=1S/C20H30N4O2/c1-2-17-6-5-7-18(14-17)21-19(25)15-22-10-12-23(13-11-22)16-20(26)24-8-3-4-9-24/h5-7,14H,2-4,8-13,15-16H2,1H3,(H,21,25). The van der Waals surface area contributed by atoms with Crippen molar-refractivity contribution in [2.24, 2.45) is 0 Å². The van der Waals surface area contributed by atoms with E-state index in [9.17, 15) is 9.59 Å². The van der Waals surface area contributed by atoms with Gasteiger partial charge in [-0.25, -0.2) is 0 Å². The normalized spacial score (nSPS) is 18.9. The highest BCUT2D eigenvalue weighted by atomic mass is 16.2. The second-order valence-corrected chi connectivity index (χ2v) is 7.24. The molecular formula is C20H30N4O2. The number of piperazine rings is 1. The van der Waals surface area contributed by atoms with Crippen LogP contribution >= 0.6 is 0 Å². The van der Waals surface area contributed by atoms with Crippen molar-refractivity contribution in [3.8, 4) is 0 Å². The summed E-state index contributed by atoms with van der Waals surface area (Å²) < 4.78 is 0. The van der Waals surface area contributed by atoms with Crippen LogP contribution in [-0.4, -0.2) is 78.9 Å². The Hall–Kier alpha value is -1.92. The number of aryl methyl sites for hydroxylation is 1. The van der Waals surface area contributed by atoms with E-state index in [1.54, 1.807) is 0 Å². The van der Waals surface area contributed by atoms with Gasteiger partial charge in [0, 0.05) is 45.0 Å². The molecule has 0 aliphatic carbocycles. The highest BCUT2D eigenvalue weighted by Gasteiger charge is 2.24. The van der Waals surface area contributed by atoms with E-state index in [0.717, 1.165) is 64.2 Å². The molecule has 1 aromatic carbocycles. The van der Waals surface area contributed by atoms with Gasteiger partial charge in [-0.3, -0.25) is 19.4 Å². The summed E-state index contributed by atoms with van der Waals surface area (Å²) >= 11 is 0. The van der Waals surface area contributed by atoms with E-state index in [4.69, 9.17) is 0 Å². The van der Waals surface area contributed by atoms with Crippen LogP contribution in [0.4, 0.5) is 5.69 Å². The summed E-state index contributed by atoms with van der Waals surface area (Å²) in [5.74, 6) is 0.282. The third-order valence-corrected chi connectivity index (χ3v) is 5.27. The molecule has 2 heterocycles. The van der Waals surface area contributed by atoms with Crippen molar-refractivity contribution < 1.29 is 9.59 Å².